The van der Waals surface area contributed by atoms with Crippen LogP contribution in [0.1, 0.15) is 17.5 Å². The second-order valence-electron chi connectivity index (χ2n) is 2.78. The van der Waals surface area contributed by atoms with E-state index in [9.17, 15) is 18.3 Å². The van der Waals surface area contributed by atoms with Gasteiger partial charge in [-0.05, 0) is 13.1 Å². The summed E-state index contributed by atoms with van der Waals surface area (Å²) in [6.45, 7) is 0.166. The Morgan fingerprint density at radius 1 is 1.64 bits per heavy atom. The van der Waals surface area contributed by atoms with Gasteiger partial charge in [0.15, 0.2) is 5.69 Å². The van der Waals surface area contributed by atoms with Crippen molar-refractivity contribution in [3.05, 3.63) is 17.5 Å². The summed E-state index contributed by atoms with van der Waals surface area (Å²) in [7, 11) is 1.59. The fraction of sp³-hybridized carbons (Fsp3) is 0.571. The number of nitrogens with one attached hydrogen (secondary N) is 2. The number of aromatic amines is 1. The number of likely N-dealkylation sites (N-methyl/N-ethyl adjacent to an activating group) is 1. The lowest BCUT2D eigenvalue weighted by molar-refractivity contribution is -0.141. The molecular weight excluding hydrogens is 199 g/mol. The first-order chi connectivity index (χ1) is 6.45. The van der Waals surface area contributed by atoms with Crippen molar-refractivity contribution in [1.29, 1.82) is 0 Å². The minimum Gasteiger partial charge on any atom is -0.385 e. The van der Waals surface area contributed by atoms with E-state index < -0.39 is 18.0 Å². The summed E-state index contributed by atoms with van der Waals surface area (Å²) >= 11 is 0. The molecule has 0 aliphatic heterocycles. The van der Waals surface area contributed by atoms with Crippen molar-refractivity contribution >= 4 is 0 Å². The monoisotopic (exact) mass is 209 g/mol. The molecule has 0 spiro atoms. The van der Waals surface area contributed by atoms with Crippen molar-refractivity contribution < 1.29 is 18.3 Å². The maximum atomic E-state index is 12.1. The van der Waals surface area contributed by atoms with Crippen LogP contribution in [0.25, 0.3) is 0 Å². The van der Waals surface area contributed by atoms with Gasteiger partial charge in [0, 0.05) is 6.54 Å². The Morgan fingerprint density at radius 3 is 2.71 bits per heavy atom. The van der Waals surface area contributed by atoms with Crippen LogP contribution in [0.15, 0.2) is 6.07 Å². The highest BCUT2D eigenvalue weighted by Crippen LogP contribution is 2.28. The topological polar surface area (TPSA) is 60.9 Å². The number of nitrogens with zero attached hydrogens (tertiary/aromatic N) is 1. The van der Waals surface area contributed by atoms with E-state index in [0.717, 1.165) is 6.07 Å². The van der Waals surface area contributed by atoms with Crippen LogP contribution in [0.4, 0.5) is 13.2 Å². The first kappa shape index (κ1) is 11.0. The molecule has 0 saturated carbocycles. The quantitative estimate of drug-likeness (QED) is 0.686. The Morgan fingerprint density at radius 2 is 2.29 bits per heavy atom. The second-order valence-corrected chi connectivity index (χ2v) is 2.78. The molecule has 0 aromatic carbocycles. The van der Waals surface area contributed by atoms with Gasteiger partial charge in [-0.15, -0.1) is 0 Å². The summed E-state index contributed by atoms with van der Waals surface area (Å²) < 4.78 is 36.2. The molecular formula is C7H10F3N3O. The Kier molecular flexibility index (Phi) is 3.12. The first-order valence-electron chi connectivity index (χ1n) is 3.90. The van der Waals surface area contributed by atoms with E-state index in [4.69, 9.17) is 0 Å². The molecule has 1 unspecified atom stereocenters. The smallest absolute Gasteiger partial charge is 0.385 e. The molecule has 7 heteroatoms. The SMILES string of the molecule is CNCC(O)c1cc(C(F)(F)F)n[nH]1. The Bertz CT molecular complexity index is 297. The summed E-state index contributed by atoms with van der Waals surface area (Å²) in [5.41, 5.74) is -0.977. The molecule has 1 atom stereocenters. The molecule has 1 aromatic rings. The van der Waals surface area contributed by atoms with E-state index in [1.54, 1.807) is 7.05 Å². The predicted molar refractivity (Wildman–Crippen MR) is 42.5 cm³/mol. The van der Waals surface area contributed by atoms with Gasteiger partial charge in [-0.2, -0.15) is 18.3 Å². The van der Waals surface area contributed by atoms with Crippen molar-refractivity contribution in [3.63, 3.8) is 0 Å². The zero-order valence-corrected chi connectivity index (χ0v) is 7.39. The van der Waals surface area contributed by atoms with Crippen LogP contribution in [0.5, 0.6) is 0 Å². The van der Waals surface area contributed by atoms with E-state index in [2.05, 4.69) is 15.5 Å². The van der Waals surface area contributed by atoms with Crippen molar-refractivity contribution in [3.8, 4) is 0 Å². The fourth-order valence-corrected chi connectivity index (χ4v) is 0.956. The number of aliphatic hydroxyl groups excluding tert-OH is 1. The van der Waals surface area contributed by atoms with Crippen LogP contribution in [-0.4, -0.2) is 28.9 Å². The van der Waals surface area contributed by atoms with Gasteiger partial charge >= 0.3 is 6.18 Å². The van der Waals surface area contributed by atoms with Crippen molar-refractivity contribution in [1.82, 2.24) is 15.5 Å². The summed E-state index contributed by atoms with van der Waals surface area (Å²) in [6, 6.07) is 0.794. The molecule has 1 aromatic heterocycles. The Labute approximate surface area is 78.1 Å². The lowest BCUT2D eigenvalue weighted by Crippen LogP contribution is -2.16. The van der Waals surface area contributed by atoms with E-state index >= 15 is 0 Å². The number of aliphatic hydroxyl groups is 1. The number of halogens is 3. The predicted octanol–water partition coefficient (Wildman–Crippen LogP) is 0.681. The number of hydrogen-bond donors (Lipinski definition) is 3. The molecule has 0 radical (unpaired) electrons. The molecule has 0 aliphatic rings. The molecule has 0 amide bonds. The van der Waals surface area contributed by atoms with Crippen molar-refractivity contribution in [2.45, 2.75) is 12.3 Å². The van der Waals surface area contributed by atoms with Gasteiger partial charge in [0.1, 0.15) is 6.10 Å². The highest BCUT2D eigenvalue weighted by Gasteiger charge is 2.34. The van der Waals surface area contributed by atoms with Gasteiger partial charge < -0.3 is 10.4 Å². The molecule has 1 rings (SSSR count). The molecule has 14 heavy (non-hydrogen) atoms. The third-order valence-electron chi connectivity index (χ3n) is 1.64. The number of alkyl halides is 3. The number of H-pyrrole nitrogens is 1. The van der Waals surface area contributed by atoms with E-state index in [1.807, 2.05) is 0 Å². The first-order valence-corrected chi connectivity index (χ1v) is 3.90. The molecule has 0 fully saturated rings. The maximum Gasteiger partial charge on any atom is 0.435 e. The average molecular weight is 209 g/mol. The largest absolute Gasteiger partial charge is 0.435 e. The fourth-order valence-electron chi connectivity index (χ4n) is 0.956. The van der Waals surface area contributed by atoms with Gasteiger partial charge in [-0.1, -0.05) is 0 Å². The number of rotatable bonds is 3. The number of aromatic nitrogens is 2. The van der Waals surface area contributed by atoms with Gasteiger partial charge in [0.25, 0.3) is 0 Å². The summed E-state index contributed by atoms with van der Waals surface area (Å²) in [5, 5.41) is 17.1. The molecule has 3 N–H and O–H groups in total. The van der Waals surface area contributed by atoms with E-state index in [-0.39, 0.29) is 12.2 Å². The molecule has 0 saturated heterocycles. The molecule has 4 nitrogen and oxygen atoms in total. The minimum absolute atomic E-state index is 0.0478. The minimum atomic E-state index is -4.48. The van der Waals surface area contributed by atoms with Crippen LogP contribution in [0, 0.1) is 0 Å². The van der Waals surface area contributed by atoms with Crippen LogP contribution < -0.4 is 5.32 Å². The highest BCUT2D eigenvalue weighted by molar-refractivity contribution is 5.13. The maximum absolute atomic E-state index is 12.1. The molecule has 1 heterocycles. The molecule has 0 aliphatic carbocycles. The third-order valence-corrected chi connectivity index (χ3v) is 1.64. The third kappa shape index (κ3) is 2.46. The Hall–Kier alpha value is -1.08. The summed E-state index contributed by atoms with van der Waals surface area (Å²) in [6.07, 6.45) is -5.49. The van der Waals surface area contributed by atoms with Crippen LogP contribution in [-0.2, 0) is 6.18 Å². The number of hydrogen-bond acceptors (Lipinski definition) is 3. The van der Waals surface area contributed by atoms with Gasteiger partial charge in [0.05, 0.1) is 5.69 Å². The van der Waals surface area contributed by atoms with E-state index in [0.29, 0.717) is 0 Å². The van der Waals surface area contributed by atoms with Gasteiger partial charge in [0.2, 0.25) is 0 Å². The van der Waals surface area contributed by atoms with Crippen molar-refractivity contribution in [2.75, 3.05) is 13.6 Å². The van der Waals surface area contributed by atoms with Crippen molar-refractivity contribution in [2.24, 2.45) is 0 Å². The van der Waals surface area contributed by atoms with Gasteiger partial charge in [-0.3, -0.25) is 5.10 Å². The summed E-state index contributed by atoms with van der Waals surface area (Å²) in [5.74, 6) is 0. The lowest BCUT2D eigenvalue weighted by atomic mass is 10.2. The average Bonchev–Trinajstić information content (AvgIpc) is 2.51. The van der Waals surface area contributed by atoms with Crippen LogP contribution >= 0.6 is 0 Å². The zero-order chi connectivity index (χ0) is 10.8. The standard InChI is InChI=1S/C7H10F3N3O/c1-11-3-5(14)4-2-6(13-12-4)7(8,9)10/h2,5,11,14H,3H2,1H3,(H,12,13). The highest BCUT2D eigenvalue weighted by atomic mass is 19.4. The Balaban J connectivity index is 2.78. The van der Waals surface area contributed by atoms with Gasteiger partial charge in [-0.25, -0.2) is 0 Å². The lowest BCUT2D eigenvalue weighted by Gasteiger charge is -2.05. The summed E-state index contributed by atoms with van der Waals surface area (Å²) in [4.78, 5) is 0. The zero-order valence-electron chi connectivity index (χ0n) is 7.39. The van der Waals surface area contributed by atoms with Crippen LogP contribution in [0.2, 0.25) is 0 Å². The molecule has 80 valence electrons. The van der Waals surface area contributed by atoms with E-state index in [1.165, 1.54) is 0 Å². The van der Waals surface area contributed by atoms with Crippen LogP contribution in [0.3, 0.4) is 0 Å². The molecule has 0 bridgehead atoms. The second kappa shape index (κ2) is 3.97. The normalized spacial score (nSPS) is 14.4.